The summed E-state index contributed by atoms with van der Waals surface area (Å²) in [4.78, 5) is 15.4. The van der Waals surface area contributed by atoms with E-state index in [1.807, 2.05) is 11.0 Å². The fraction of sp³-hybridized carbons (Fsp3) is 0.533. The predicted octanol–water partition coefficient (Wildman–Crippen LogP) is 1.13. The summed E-state index contributed by atoms with van der Waals surface area (Å²) in [6.07, 6.45) is 1.09. The number of benzene rings is 1. The number of para-hydroxylation sites is 1. The number of carbonyl (C=O) groups excluding carboxylic acids is 1. The molecule has 0 unspecified atom stereocenters. The van der Waals surface area contributed by atoms with Gasteiger partial charge in [0, 0.05) is 45.5 Å². The number of anilines is 1. The van der Waals surface area contributed by atoms with Crippen molar-refractivity contribution < 1.29 is 4.79 Å². The van der Waals surface area contributed by atoms with Crippen LogP contribution in [0.2, 0.25) is 0 Å². The van der Waals surface area contributed by atoms with Gasteiger partial charge in [-0.3, -0.25) is 0 Å². The molecule has 1 aromatic rings. The number of nitrogens with one attached hydrogen (secondary N) is 2. The Kier molecular flexibility index (Phi) is 5.68. The summed E-state index contributed by atoms with van der Waals surface area (Å²) in [6, 6.07) is 10.5. The molecule has 0 radical (unpaired) electrons. The Morgan fingerprint density at radius 1 is 1.30 bits per heavy atom. The summed E-state index contributed by atoms with van der Waals surface area (Å²) in [5.74, 6) is 0. The van der Waals surface area contributed by atoms with Crippen LogP contribution in [-0.4, -0.2) is 57.2 Å². The molecule has 0 aromatic heterocycles. The molecule has 1 aliphatic rings. The second kappa shape index (κ2) is 7.75. The van der Waals surface area contributed by atoms with Crippen LogP contribution in [0.15, 0.2) is 30.3 Å². The minimum atomic E-state index is 0.0654. The van der Waals surface area contributed by atoms with Crippen molar-refractivity contribution in [2.24, 2.45) is 0 Å². The predicted molar refractivity (Wildman–Crippen MR) is 82.2 cm³/mol. The lowest BCUT2D eigenvalue weighted by molar-refractivity contribution is 0.217. The molecule has 1 aliphatic heterocycles. The van der Waals surface area contributed by atoms with Crippen LogP contribution < -0.4 is 15.5 Å². The van der Waals surface area contributed by atoms with Crippen LogP contribution in [0.4, 0.5) is 10.5 Å². The van der Waals surface area contributed by atoms with Crippen LogP contribution in [0.1, 0.15) is 6.42 Å². The summed E-state index contributed by atoms with van der Waals surface area (Å²) in [5.41, 5.74) is 1.25. The first-order valence-electron chi connectivity index (χ1n) is 7.27. The minimum absolute atomic E-state index is 0.0654. The molecule has 0 atom stereocenters. The third-order valence-corrected chi connectivity index (χ3v) is 3.55. The van der Waals surface area contributed by atoms with Gasteiger partial charge < -0.3 is 20.4 Å². The van der Waals surface area contributed by atoms with Gasteiger partial charge in [0.1, 0.15) is 0 Å². The summed E-state index contributed by atoms with van der Waals surface area (Å²) in [7, 11) is 2.11. The van der Waals surface area contributed by atoms with Gasteiger partial charge in [0.05, 0.1) is 0 Å². The molecule has 2 rings (SSSR count). The summed E-state index contributed by atoms with van der Waals surface area (Å²) < 4.78 is 0. The topological polar surface area (TPSA) is 47.6 Å². The van der Waals surface area contributed by atoms with E-state index in [-0.39, 0.29) is 6.03 Å². The molecule has 5 heteroatoms. The monoisotopic (exact) mass is 276 g/mol. The molecular weight excluding hydrogens is 252 g/mol. The molecule has 1 heterocycles. The van der Waals surface area contributed by atoms with Crippen molar-refractivity contribution in [2.75, 3.05) is 51.2 Å². The normalized spacial score (nSPS) is 14.4. The lowest BCUT2D eigenvalue weighted by atomic mass is 10.3. The number of hydrogen-bond acceptors (Lipinski definition) is 3. The van der Waals surface area contributed by atoms with Gasteiger partial charge in [0.25, 0.3) is 0 Å². The van der Waals surface area contributed by atoms with Gasteiger partial charge in [-0.1, -0.05) is 18.2 Å². The molecule has 110 valence electrons. The molecule has 2 N–H and O–H groups in total. The highest BCUT2D eigenvalue weighted by Gasteiger charge is 2.17. The van der Waals surface area contributed by atoms with Crippen molar-refractivity contribution in [3.63, 3.8) is 0 Å². The van der Waals surface area contributed by atoms with Gasteiger partial charge in [-0.2, -0.15) is 0 Å². The van der Waals surface area contributed by atoms with Crippen LogP contribution >= 0.6 is 0 Å². The Balaban J connectivity index is 1.52. The SMILES string of the molecule is CN(CCCNCCN1CCNC1=O)c1ccccc1. The third-order valence-electron chi connectivity index (χ3n) is 3.55. The number of carbonyl (C=O) groups is 1. The van der Waals surface area contributed by atoms with Crippen LogP contribution in [0.3, 0.4) is 0 Å². The van der Waals surface area contributed by atoms with E-state index in [0.717, 1.165) is 45.7 Å². The van der Waals surface area contributed by atoms with E-state index in [1.54, 1.807) is 0 Å². The van der Waals surface area contributed by atoms with Crippen molar-refractivity contribution >= 4 is 11.7 Å². The first-order chi connectivity index (χ1) is 9.77. The quantitative estimate of drug-likeness (QED) is 0.700. The van der Waals surface area contributed by atoms with E-state index in [0.29, 0.717) is 0 Å². The highest BCUT2D eigenvalue weighted by Crippen LogP contribution is 2.10. The van der Waals surface area contributed by atoms with E-state index in [9.17, 15) is 4.79 Å². The van der Waals surface area contributed by atoms with E-state index < -0.39 is 0 Å². The van der Waals surface area contributed by atoms with Gasteiger partial charge in [0.2, 0.25) is 0 Å². The van der Waals surface area contributed by atoms with Crippen molar-refractivity contribution in [1.29, 1.82) is 0 Å². The number of hydrogen-bond donors (Lipinski definition) is 2. The Morgan fingerprint density at radius 2 is 2.10 bits per heavy atom. The first kappa shape index (κ1) is 14.7. The molecule has 0 bridgehead atoms. The fourth-order valence-electron chi connectivity index (χ4n) is 2.32. The maximum absolute atomic E-state index is 11.3. The Labute approximate surface area is 120 Å². The molecule has 20 heavy (non-hydrogen) atoms. The van der Waals surface area contributed by atoms with Crippen molar-refractivity contribution in [3.05, 3.63) is 30.3 Å². The highest BCUT2D eigenvalue weighted by atomic mass is 16.2. The number of urea groups is 1. The molecule has 1 fully saturated rings. The van der Waals surface area contributed by atoms with Crippen molar-refractivity contribution in [2.45, 2.75) is 6.42 Å². The van der Waals surface area contributed by atoms with Gasteiger partial charge in [-0.25, -0.2) is 4.79 Å². The maximum atomic E-state index is 11.3. The molecular formula is C15H24N4O. The van der Waals surface area contributed by atoms with Crippen LogP contribution in [-0.2, 0) is 0 Å². The molecule has 1 saturated heterocycles. The molecule has 0 spiro atoms. The standard InChI is InChI=1S/C15H24N4O/c1-18(14-6-3-2-4-7-14)11-5-8-16-9-12-19-13-10-17-15(19)20/h2-4,6-7,16H,5,8-13H2,1H3,(H,17,20). The van der Waals surface area contributed by atoms with E-state index in [4.69, 9.17) is 0 Å². The Hall–Kier alpha value is -1.75. The Bertz CT molecular complexity index is 410. The molecule has 0 aliphatic carbocycles. The van der Waals surface area contributed by atoms with Gasteiger partial charge in [-0.05, 0) is 25.1 Å². The van der Waals surface area contributed by atoms with E-state index in [1.165, 1.54) is 5.69 Å². The smallest absolute Gasteiger partial charge is 0.317 e. The summed E-state index contributed by atoms with van der Waals surface area (Å²) in [6.45, 7) is 5.27. The largest absolute Gasteiger partial charge is 0.375 e. The third kappa shape index (κ3) is 4.42. The van der Waals surface area contributed by atoms with Crippen molar-refractivity contribution in [3.8, 4) is 0 Å². The second-order valence-corrected chi connectivity index (χ2v) is 5.08. The maximum Gasteiger partial charge on any atom is 0.317 e. The molecule has 0 saturated carbocycles. The van der Waals surface area contributed by atoms with Crippen molar-refractivity contribution in [1.82, 2.24) is 15.5 Å². The number of nitrogens with zero attached hydrogens (tertiary/aromatic N) is 2. The number of amides is 2. The lowest BCUT2D eigenvalue weighted by Crippen LogP contribution is -2.35. The second-order valence-electron chi connectivity index (χ2n) is 5.08. The van der Waals surface area contributed by atoms with Crippen LogP contribution in [0.25, 0.3) is 0 Å². The average molecular weight is 276 g/mol. The lowest BCUT2D eigenvalue weighted by Gasteiger charge is -2.19. The zero-order valence-corrected chi connectivity index (χ0v) is 12.1. The summed E-state index contributed by atoms with van der Waals surface area (Å²) in [5, 5.41) is 6.20. The number of rotatable bonds is 8. The Morgan fingerprint density at radius 3 is 2.80 bits per heavy atom. The van der Waals surface area contributed by atoms with Crippen LogP contribution in [0.5, 0.6) is 0 Å². The molecule has 2 amide bonds. The first-order valence-corrected chi connectivity index (χ1v) is 7.27. The highest BCUT2D eigenvalue weighted by molar-refractivity contribution is 5.76. The van der Waals surface area contributed by atoms with Crippen LogP contribution in [0, 0.1) is 0 Å². The molecule has 5 nitrogen and oxygen atoms in total. The average Bonchev–Trinajstić information content (AvgIpc) is 2.89. The van der Waals surface area contributed by atoms with Gasteiger partial charge >= 0.3 is 6.03 Å². The minimum Gasteiger partial charge on any atom is -0.375 e. The molecule has 1 aromatic carbocycles. The van der Waals surface area contributed by atoms with Gasteiger partial charge in [-0.15, -0.1) is 0 Å². The fourth-order valence-corrected chi connectivity index (χ4v) is 2.32. The zero-order chi connectivity index (χ0) is 14.2. The summed E-state index contributed by atoms with van der Waals surface area (Å²) >= 11 is 0. The van der Waals surface area contributed by atoms with Gasteiger partial charge in [0.15, 0.2) is 0 Å². The van der Waals surface area contributed by atoms with E-state index >= 15 is 0 Å². The zero-order valence-electron chi connectivity index (χ0n) is 12.1. The van der Waals surface area contributed by atoms with E-state index in [2.05, 4.69) is 46.8 Å².